The third-order valence-electron chi connectivity index (χ3n) is 2.03. The van der Waals surface area contributed by atoms with Gasteiger partial charge in [0.1, 0.15) is 6.10 Å². The van der Waals surface area contributed by atoms with Crippen LogP contribution in [0.1, 0.15) is 20.3 Å². The summed E-state index contributed by atoms with van der Waals surface area (Å²) in [6.07, 6.45) is -3.38. The second-order valence-corrected chi connectivity index (χ2v) is 4.27. The number of amides is 1. The summed E-state index contributed by atoms with van der Waals surface area (Å²) < 4.78 is 0. The van der Waals surface area contributed by atoms with Crippen LogP contribution in [0.2, 0.25) is 0 Å². The van der Waals surface area contributed by atoms with Gasteiger partial charge in [0.2, 0.25) is 5.91 Å². The zero-order chi connectivity index (χ0) is 15.6. The first-order valence-corrected chi connectivity index (χ1v) is 5.25. The topological polar surface area (TPSA) is 164 Å². The van der Waals surface area contributed by atoms with Crippen molar-refractivity contribution in [3.05, 3.63) is 0 Å². The number of carboxylic acids is 1. The Bertz CT molecular complexity index is 311. The lowest BCUT2D eigenvalue weighted by Gasteiger charge is -2.26. The molecule has 0 aromatic rings. The van der Waals surface area contributed by atoms with Crippen molar-refractivity contribution in [1.29, 1.82) is 0 Å². The Kier molecular flexibility index (Phi) is 9.34. The van der Waals surface area contributed by atoms with Gasteiger partial charge in [-0.25, -0.2) is 4.79 Å². The van der Waals surface area contributed by atoms with Crippen molar-refractivity contribution in [3.63, 3.8) is 0 Å². The van der Waals surface area contributed by atoms with Crippen LogP contribution in [0.4, 0.5) is 4.79 Å². The van der Waals surface area contributed by atoms with Gasteiger partial charge in [-0.2, -0.15) is 0 Å². The predicted octanol–water partition coefficient (Wildman–Crippen LogP) is -0.821. The lowest BCUT2D eigenvalue weighted by atomic mass is 9.87. The molecule has 0 heterocycles. The molecule has 0 bridgehead atoms. The smallest absolute Gasteiger partial charge is 0.481 e. The SMILES string of the molecule is CC(C)(CO)[C@@H](O)C(=O)NCCC(=O)O.O=C(O)O. The van der Waals surface area contributed by atoms with E-state index in [2.05, 4.69) is 5.32 Å². The van der Waals surface area contributed by atoms with E-state index in [9.17, 15) is 14.7 Å². The Hall–Kier alpha value is -1.87. The highest BCUT2D eigenvalue weighted by molar-refractivity contribution is 5.81. The van der Waals surface area contributed by atoms with Gasteiger partial charge < -0.3 is 30.8 Å². The third-order valence-corrected chi connectivity index (χ3v) is 2.03. The van der Waals surface area contributed by atoms with E-state index in [1.165, 1.54) is 13.8 Å². The highest BCUT2D eigenvalue weighted by Crippen LogP contribution is 2.19. The fraction of sp³-hybridized carbons (Fsp3) is 0.700. The van der Waals surface area contributed by atoms with E-state index < -0.39 is 29.6 Å². The number of aliphatic hydroxyl groups excluding tert-OH is 2. The lowest BCUT2D eigenvalue weighted by Crippen LogP contribution is -2.45. The van der Waals surface area contributed by atoms with Gasteiger partial charge in [0.25, 0.3) is 0 Å². The second-order valence-electron chi connectivity index (χ2n) is 4.27. The fourth-order valence-electron chi connectivity index (χ4n) is 0.831. The molecular formula is C10H19NO8. The molecule has 0 radical (unpaired) electrons. The van der Waals surface area contributed by atoms with Crippen molar-refractivity contribution >= 4 is 18.0 Å². The summed E-state index contributed by atoms with van der Waals surface area (Å²) >= 11 is 0. The molecule has 0 spiro atoms. The number of hydrogen-bond donors (Lipinski definition) is 6. The number of carbonyl (C=O) groups is 3. The molecule has 19 heavy (non-hydrogen) atoms. The Balaban J connectivity index is 0. The maximum absolute atomic E-state index is 11.3. The number of hydrogen-bond acceptors (Lipinski definition) is 5. The molecule has 0 saturated heterocycles. The number of aliphatic hydroxyl groups is 2. The Morgan fingerprint density at radius 1 is 1.16 bits per heavy atom. The minimum absolute atomic E-state index is 0.0350. The average Bonchev–Trinajstić information content (AvgIpc) is 2.26. The Morgan fingerprint density at radius 3 is 1.89 bits per heavy atom. The summed E-state index contributed by atoms with van der Waals surface area (Å²) in [7, 11) is 0. The summed E-state index contributed by atoms with van der Waals surface area (Å²) in [5.41, 5.74) is -0.937. The van der Waals surface area contributed by atoms with Gasteiger partial charge in [-0.1, -0.05) is 13.8 Å². The molecule has 112 valence electrons. The summed E-state index contributed by atoms with van der Waals surface area (Å²) in [5, 5.41) is 42.9. The van der Waals surface area contributed by atoms with Crippen molar-refractivity contribution in [2.45, 2.75) is 26.4 Å². The Labute approximate surface area is 109 Å². The zero-order valence-electron chi connectivity index (χ0n) is 10.7. The predicted molar refractivity (Wildman–Crippen MR) is 62.8 cm³/mol. The van der Waals surface area contributed by atoms with Gasteiger partial charge in [0.15, 0.2) is 0 Å². The van der Waals surface area contributed by atoms with Gasteiger partial charge in [0.05, 0.1) is 13.0 Å². The minimum atomic E-state index is -1.83. The van der Waals surface area contributed by atoms with Crippen LogP contribution in [0.3, 0.4) is 0 Å². The molecule has 1 atom stereocenters. The highest BCUT2D eigenvalue weighted by Gasteiger charge is 2.32. The summed E-state index contributed by atoms with van der Waals surface area (Å²) in [6, 6.07) is 0. The van der Waals surface area contributed by atoms with E-state index in [4.69, 9.17) is 25.2 Å². The van der Waals surface area contributed by atoms with Crippen LogP contribution in [-0.4, -0.2) is 62.8 Å². The van der Waals surface area contributed by atoms with Crippen LogP contribution >= 0.6 is 0 Å². The molecule has 9 nitrogen and oxygen atoms in total. The molecule has 0 aromatic carbocycles. The highest BCUT2D eigenvalue weighted by atomic mass is 16.6. The standard InChI is InChI=1S/C9H17NO5.CH2O3/c1-9(2,5-11)7(14)8(15)10-4-3-6(12)13;2-1(3)4/h7,11,14H,3-5H2,1-2H3,(H,10,15)(H,12,13);(H2,2,3,4)/t7-;/m0./s1. The van der Waals surface area contributed by atoms with E-state index in [-0.39, 0.29) is 19.6 Å². The lowest BCUT2D eigenvalue weighted by molar-refractivity contribution is -0.138. The number of carboxylic acid groups (broad SMARTS) is 3. The van der Waals surface area contributed by atoms with Crippen molar-refractivity contribution in [1.82, 2.24) is 5.32 Å². The quantitative estimate of drug-likeness (QED) is 0.367. The van der Waals surface area contributed by atoms with E-state index in [0.29, 0.717) is 0 Å². The average molecular weight is 281 g/mol. The molecule has 0 rings (SSSR count). The van der Waals surface area contributed by atoms with Crippen molar-refractivity contribution in [2.24, 2.45) is 5.41 Å². The van der Waals surface area contributed by atoms with E-state index in [0.717, 1.165) is 0 Å². The van der Waals surface area contributed by atoms with Gasteiger partial charge in [-0.15, -0.1) is 0 Å². The molecule has 0 unspecified atom stereocenters. The molecule has 0 aliphatic carbocycles. The number of nitrogens with one attached hydrogen (secondary N) is 1. The van der Waals surface area contributed by atoms with Crippen LogP contribution in [-0.2, 0) is 9.59 Å². The molecule has 1 amide bonds. The number of carbonyl (C=O) groups excluding carboxylic acids is 1. The van der Waals surface area contributed by atoms with E-state index >= 15 is 0 Å². The largest absolute Gasteiger partial charge is 0.503 e. The normalized spacial score (nSPS) is 11.8. The van der Waals surface area contributed by atoms with Crippen LogP contribution in [0, 0.1) is 5.41 Å². The van der Waals surface area contributed by atoms with Gasteiger partial charge >= 0.3 is 12.1 Å². The van der Waals surface area contributed by atoms with E-state index in [1.807, 2.05) is 0 Å². The second kappa shape index (κ2) is 9.11. The maximum atomic E-state index is 11.3. The van der Waals surface area contributed by atoms with Gasteiger partial charge in [0, 0.05) is 12.0 Å². The maximum Gasteiger partial charge on any atom is 0.503 e. The van der Waals surface area contributed by atoms with Gasteiger partial charge in [-0.3, -0.25) is 9.59 Å². The fourth-order valence-corrected chi connectivity index (χ4v) is 0.831. The first-order chi connectivity index (χ1) is 8.54. The number of aliphatic carboxylic acids is 1. The third kappa shape index (κ3) is 11.0. The molecule has 0 fully saturated rings. The summed E-state index contributed by atoms with van der Waals surface area (Å²) in [5.74, 6) is -1.69. The number of rotatable bonds is 6. The van der Waals surface area contributed by atoms with Crippen molar-refractivity contribution < 1.29 is 39.9 Å². The Morgan fingerprint density at radius 2 is 1.58 bits per heavy atom. The first-order valence-electron chi connectivity index (χ1n) is 5.25. The monoisotopic (exact) mass is 281 g/mol. The molecule has 0 aromatic heterocycles. The molecule has 0 aliphatic rings. The summed E-state index contributed by atoms with van der Waals surface area (Å²) in [4.78, 5) is 30.0. The summed E-state index contributed by atoms with van der Waals surface area (Å²) in [6.45, 7) is 2.70. The molecule has 0 saturated carbocycles. The van der Waals surface area contributed by atoms with Crippen LogP contribution < -0.4 is 5.32 Å². The van der Waals surface area contributed by atoms with Crippen molar-refractivity contribution in [3.8, 4) is 0 Å². The van der Waals surface area contributed by atoms with Crippen molar-refractivity contribution in [2.75, 3.05) is 13.2 Å². The van der Waals surface area contributed by atoms with Gasteiger partial charge in [-0.05, 0) is 0 Å². The first kappa shape index (κ1) is 19.5. The van der Waals surface area contributed by atoms with Crippen LogP contribution in [0.25, 0.3) is 0 Å². The zero-order valence-corrected chi connectivity index (χ0v) is 10.7. The van der Waals surface area contributed by atoms with Crippen LogP contribution in [0.5, 0.6) is 0 Å². The minimum Gasteiger partial charge on any atom is -0.481 e. The van der Waals surface area contributed by atoms with Crippen LogP contribution in [0.15, 0.2) is 0 Å². The molecule has 9 heteroatoms. The molecule has 6 N–H and O–H groups in total. The van der Waals surface area contributed by atoms with E-state index in [1.54, 1.807) is 0 Å². The molecular weight excluding hydrogens is 262 g/mol. The molecule has 0 aliphatic heterocycles.